The third kappa shape index (κ3) is 2.55. The Morgan fingerprint density at radius 3 is 2.75 bits per heavy atom. The van der Waals surface area contributed by atoms with E-state index in [1.807, 2.05) is 13.8 Å². The molecule has 0 aromatic heterocycles. The lowest BCUT2D eigenvalue weighted by Crippen LogP contribution is -2.52. The summed E-state index contributed by atoms with van der Waals surface area (Å²) in [6, 6.07) is 0. The van der Waals surface area contributed by atoms with Crippen LogP contribution in [0.3, 0.4) is 0 Å². The molecule has 0 aromatic carbocycles. The van der Waals surface area contributed by atoms with E-state index < -0.39 is 11.5 Å². The van der Waals surface area contributed by atoms with Gasteiger partial charge in [0.2, 0.25) is 0 Å². The van der Waals surface area contributed by atoms with E-state index in [0.717, 1.165) is 25.8 Å². The van der Waals surface area contributed by atoms with Crippen molar-refractivity contribution in [2.75, 3.05) is 19.7 Å². The van der Waals surface area contributed by atoms with Gasteiger partial charge in [0.1, 0.15) is 5.54 Å². The minimum Gasteiger partial charge on any atom is -0.480 e. The molecule has 0 bridgehead atoms. The Labute approximate surface area is 97.3 Å². The van der Waals surface area contributed by atoms with Gasteiger partial charge in [-0.1, -0.05) is 20.3 Å². The van der Waals surface area contributed by atoms with Crippen molar-refractivity contribution >= 4 is 5.97 Å². The van der Waals surface area contributed by atoms with Crippen molar-refractivity contribution in [3.05, 3.63) is 0 Å². The van der Waals surface area contributed by atoms with E-state index in [-0.39, 0.29) is 12.5 Å². The molecule has 0 amide bonds. The SMILES string of the molecule is CCCC1(C(=O)O)CCCN1CC(C)CO. The van der Waals surface area contributed by atoms with Gasteiger partial charge in [0.15, 0.2) is 0 Å². The fourth-order valence-electron chi connectivity index (χ4n) is 2.68. The first-order valence-corrected chi connectivity index (χ1v) is 6.16. The number of aliphatic hydroxyl groups excluding tert-OH is 1. The molecule has 1 rings (SSSR count). The summed E-state index contributed by atoms with van der Waals surface area (Å²) in [4.78, 5) is 13.5. The molecule has 0 aromatic rings. The number of carboxylic acid groups (broad SMARTS) is 1. The van der Waals surface area contributed by atoms with E-state index in [0.29, 0.717) is 13.0 Å². The molecule has 1 fully saturated rings. The first-order valence-electron chi connectivity index (χ1n) is 6.16. The zero-order valence-corrected chi connectivity index (χ0v) is 10.3. The van der Waals surface area contributed by atoms with E-state index in [1.165, 1.54) is 0 Å². The smallest absolute Gasteiger partial charge is 0.324 e. The van der Waals surface area contributed by atoms with Gasteiger partial charge in [0, 0.05) is 13.2 Å². The molecule has 1 saturated heterocycles. The van der Waals surface area contributed by atoms with Crippen molar-refractivity contribution < 1.29 is 15.0 Å². The summed E-state index contributed by atoms with van der Waals surface area (Å²) in [6.07, 6.45) is 3.29. The highest BCUT2D eigenvalue weighted by Crippen LogP contribution is 2.34. The van der Waals surface area contributed by atoms with Crippen LogP contribution in [0.4, 0.5) is 0 Å². The standard InChI is InChI=1S/C12H23NO3/c1-3-5-12(11(15)16)6-4-7-13(12)8-10(2)9-14/h10,14H,3-9H2,1-2H3,(H,15,16). The van der Waals surface area contributed by atoms with Crippen LogP contribution in [-0.2, 0) is 4.79 Å². The third-order valence-electron chi connectivity index (χ3n) is 3.53. The van der Waals surface area contributed by atoms with E-state index in [2.05, 4.69) is 4.90 Å². The van der Waals surface area contributed by atoms with Crippen LogP contribution in [0.1, 0.15) is 39.5 Å². The molecule has 2 N–H and O–H groups in total. The summed E-state index contributed by atoms with van der Waals surface area (Å²) < 4.78 is 0. The summed E-state index contributed by atoms with van der Waals surface area (Å²) in [5.74, 6) is -0.550. The van der Waals surface area contributed by atoms with E-state index in [9.17, 15) is 9.90 Å². The number of carbonyl (C=O) groups is 1. The second kappa shape index (κ2) is 5.64. The number of hydrogen-bond donors (Lipinski definition) is 2. The Morgan fingerprint density at radius 2 is 2.25 bits per heavy atom. The first kappa shape index (κ1) is 13.5. The van der Waals surface area contributed by atoms with E-state index >= 15 is 0 Å². The molecule has 0 radical (unpaired) electrons. The molecule has 4 nitrogen and oxygen atoms in total. The zero-order valence-electron chi connectivity index (χ0n) is 10.3. The minimum atomic E-state index is -0.697. The molecule has 94 valence electrons. The lowest BCUT2D eigenvalue weighted by Gasteiger charge is -2.36. The van der Waals surface area contributed by atoms with Gasteiger partial charge < -0.3 is 10.2 Å². The van der Waals surface area contributed by atoms with E-state index in [1.54, 1.807) is 0 Å². The minimum absolute atomic E-state index is 0.123. The van der Waals surface area contributed by atoms with E-state index in [4.69, 9.17) is 5.11 Å². The van der Waals surface area contributed by atoms with Gasteiger partial charge in [-0.3, -0.25) is 9.69 Å². The van der Waals surface area contributed by atoms with Gasteiger partial charge >= 0.3 is 5.97 Å². The Hall–Kier alpha value is -0.610. The normalized spacial score (nSPS) is 28.2. The van der Waals surface area contributed by atoms with Gasteiger partial charge in [-0.15, -0.1) is 0 Å². The Bertz CT molecular complexity index is 244. The fraction of sp³-hybridized carbons (Fsp3) is 0.917. The monoisotopic (exact) mass is 229 g/mol. The maximum Gasteiger partial charge on any atom is 0.324 e. The average Bonchev–Trinajstić information content (AvgIpc) is 2.63. The molecule has 0 saturated carbocycles. The quantitative estimate of drug-likeness (QED) is 0.721. The lowest BCUT2D eigenvalue weighted by atomic mass is 9.90. The van der Waals surface area contributed by atoms with Crippen molar-refractivity contribution in [2.45, 2.75) is 45.1 Å². The average molecular weight is 229 g/mol. The van der Waals surface area contributed by atoms with Crippen LogP contribution in [0.15, 0.2) is 0 Å². The number of rotatable bonds is 6. The predicted molar refractivity (Wildman–Crippen MR) is 62.3 cm³/mol. The van der Waals surface area contributed by atoms with Crippen LogP contribution >= 0.6 is 0 Å². The van der Waals surface area contributed by atoms with Gasteiger partial charge in [-0.25, -0.2) is 0 Å². The van der Waals surface area contributed by atoms with Crippen LogP contribution in [0.2, 0.25) is 0 Å². The molecule has 0 spiro atoms. The number of nitrogens with zero attached hydrogens (tertiary/aromatic N) is 1. The molecule has 16 heavy (non-hydrogen) atoms. The van der Waals surface area contributed by atoms with Crippen molar-refractivity contribution in [3.63, 3.8) is 0 Å². The largest absolute Gasteiger partial charge is 0.480 e. The number of hydrogen-bond acceptors (Lipinski definition) is 3. The molecule has 1 heterocycles. The number of likely N-dealkylation sites (tertiary alicyclic amines) is 1. The van der Waals surface area contributed by atoms with Gasteiger partial charge in [0.25, 0.3) is 0 Å². The number of carboxylic acids is 1. The highest BCUT2D eigenvalue weighted by Gasteiger charge is 2.46. The van der Waals surface area contributed by atoms with Crippen molar-refractivity contribution in [1.82, 2.24) is 4.90 Å². The fourth-order valence-corrected chi connectivity index (χ4v) is 2.68. The van der Waals surface area contributed by atoms with Crippen LogP contribution in [0, 0.1) is 5.92 Å². The second-order valence-electron chi connectivity index (χ2n) is 4.92. The molecule has 2 unspecified atom stereocenters. The topological polar surface area (TPSA) is 60.8 Å². The van der Waals surface area contributed by atoms with Crippen LogP contribution in [-0.4, -0.2) is 46.3 Å². The molecule has 4 heteroatoms. The predicted octanol–water partition coefficient (Wildman–Crippen LogP) is 1.33. The Morgan fingerprint density at radius 1 is 1.56 bits per heavy atom. The molecule has 1 aliphatic rings. The van der Waals surface area contributed by atoms with Crippen LogP contribution < -0.4 is 0 Å². The highest BCUT2D eigenvalue weighted by atomic mass is 16.4. The van der Waals surface area contributed by atoms with Crippen molar-refractivity contribution in [3.8, 4) is 0 Å². The summed E-state index contributed by atoms with van der Waals surface area (Å²) in [5, 5.41) is 18.5. The molecule has 1 aliphatic heterocycles. The van der Waals surface area contributed by atoms with Crippen molar-refractivity contribution in [1.29, 1.82) is 0 Å². The maximum absolute atomic E-state index is 11.5. The maximum atomic E-state index is 11.5. The lowest BCUT2D eigenvalue weighted by molar-refractivity contribution is -0.150. The molecule has 0 aliphatic carbocycles. The highest BCUT2D eigenvalue weighted by molar-refractivity contribution is 5.79. The third-order valence-corrected chi connectivity index (χ3v) is 3.53. The summed E-state index contributed by atoms with van der Waals surface area (Å²) >= 11 is 0. The summed E-state index contributed by atoms with van der Waals surface area (Å²) in [6.45, 7) is 5.63. The van der Waals surface area contributed by atoms with Gasteiger partial charge in [-0.2, -0.15) is 0 Å². The van der Waals surface area contributed by atoms with Crippen LogP contribution in [0.25, 0.3) is 0 Å². The zero-order chi connectivity index (χ0) is 12.2. The number of aliphatic hydroxyl groups is 1. The number of aliphatic carboxylic acids is 1. The first-order chi connectivity index (χ1) is 7.56. The van der Waals surface area contributed by atoms with Crippen LogP contribution in [0.5, 0.6) is 0 Å². The summed E-state index contributed by atoms with van der Waals surface area (Å²) in [5.41, 5.74) is -0.668. The molecular formula is C12H23NO3. The Balaban J connectivity index is 2.76. The second-order valence-corrected chi connectivity index (χ2v) is 4.92. The molecular weight excluding hydrogens is 206 g/mol. The summed E-state index contributed by atoms with van der Waals surface area (Å²) in [7, 11) is 0. The van der Waals surface area contributed by atoms with Gasteiger partial charge in [0.05, 0.1) is 0 Å². The van der Waals surface area contributed by atoms with Gasteiger partial charge in [-0.05, 0) is 31.7 Å². The van der Waals surface area contributed by atoms with Crippen molar-refractivity contribution in [2.24, 2.45) is 5.92 Å². The Kier molecular flexibility index (Phi) is 4.74. The molecule has 2 atom stereocenters.